The summed E-state index contributed by atoms with van der Waals surface area (Å²) in [6.07, 6.45) is 5.44. The highest BCUT2D eigenvalue weighted by Gasteiger charge is 2.38. The van der Waals surface area contributed by atoms with E-state index in [-0.39, 0.29) is 5.91 Å². The number of halogens is 1. The summed E-state index contributed by atoms with van der Waals surface area (Å²) in [5.74, 6) is 0.830. The van der Waals surface area contributed by atoms with Crippen LogP contribution < -0.4 is 0 Å². The van der Waals surface area contributed by atoms with Gasteiger partial charge < -0.3 is 0 Å². The molecule has 1 aromatic rings. The normalized spacial score (nSPS) is 26.1. The number of hydrogen-bond donors (Lipinski definition) is 0. The molecule has 2 aliphatic carbocycles. The summed E-state index contributed by atoms with van der Waals surface area (Å²) < 4.78 is 2.74. The summed E-state index contributed by atoms with van der Waals surface area (Å²) in [4.78, 5) is 12.5. The van der Waals surface area contributed by atoms with E-state index in [9.17, 15) is 4.79 Å². The molecule has 0 unspecified atom stereocenters. The Bertz CT molecular complexity index is 568. The zero-order chi connectivity index (χ0) is 12.2. The minimum absolute atomic E-state index is 0.0526. The molecule has 0 N–H and O–H groups in total. The van der Waals surface area contributed by atoms with E-state index < -0.39 is 0 Å². The summed E-state index contributed by atoms with van der Waals surface area (Å²) in [6, 6.07) is 1.94. The molecule has 0 aromatic carbocycles. The second-order valence-electron chi connectivity index (χ2n) is 4.74. The van der Waals surface area contributed by atoms with Gasteiger partial charge in [-0.25, -0.2) is 4.68 Å². The fraction of sp³-hybridized carbons (Fsp3) is 0.385. The zero-order valence-electron chi connectivity index (χ0n) is 9.77. The van der Waals surface area contributed by atoms with E-state index in [2.05, 4.69) is 39.8 Å². The lowest BCUT2D eigenvalue weighted by molar-refractivity contribution is 0.0930. The molecule has 0 amide bonds. The molecule has 2 aliphatic rings. The number of nitrogens with zero attached hydrogens (tertiary/aromatic N) is 2. The van der Waals surface area contributed by atoms with Crippen LogP contribution in [0, 0.1) is 25.7 Å². The van der Waals surface area contributed by atoms with Crippen LogP contribution >= 0.6 is 22.6 Å². The summed E-state index contributed by atoms with van der Waals surface area (Å²) in [7, 11) is 0. The Labute approximate surface area is 114 Å². The van der Waals surface area contributed by atoms with Gasteiger partial charge in [0.1, 0.15) is 0 Å². The van der Waals surface area contributed by atoms with Crippen LogP contribution in [-0.4, -0.2) is 15.7 Å². The molecule has 0 aliphatic heterocycles. The maximum absolute atomic E-state index is 12.5. The van der Waals surface area contributed by atoms with Crippen molar-refractivity contribution in [3.63, 3.8) is 0 Å². The Morgan fingerprint density at radius 1 is 1.41 bits per heavy atom. The Hall–Kier alpha value is -0.910. The standard InChI is InChI=1S/C13H13IN2O/c1-7-5-8(2)16(15-7)13(17)11-9-3-4-10(6-9)12(11)14/h3-5,9-10H,6H2,1-2H3/t9-,10+/m0/s1. The molecular weight excluding hydrogens is 327 g/mol. The number of allylic oxidation sites excluding steroid dienone is 4. The third-order valence-corrected chi connectivity index (χ3v) is 4.85. The van der Waals surface area contributed by atoms with Crippen LogP contribution in [0.1, 0.15) is 22.6 Å². The molecule has 17 heavy (non-hydrogen) atoms. The average Bonchev–Trinajstić information content (AvgIpc) is 2.92. The van der Waals surface area contributed by atoms with Crippen molar-refractivity contribution >= 4 is 28.5 Å². The summed E-state index contributed by atoms with van der Waals surface area (Å²) in [6.45, 7) is 3.84. The fourth-order valence-corrected chi connectivity index (χ4v) is 3.78. The number of aromatic nitrogens is 2. The van der Waals surface area contributed by atoms with E-state index >= 15 is 0 Å². The Morgan fingerprint density at radius 3 is 2.65 bits per heavy atom. The zero-order valence-corrected chi connectivity index (χ0v) is 11.9. The highest BCUT2D eigenvalue weighted by atomic mass is 127. The first kappa shape index (κ1) is 11.2. The van der Waals surface area contributed by atoms with Crippen LogP contribution in [-0.2, 0) is 0 Å². The lowest BCUT2D eigenvalue weighted by Gasteiger charge is -2.11. The van der Waals surface area contributed by atoms with Crippen molar-refractivity contribution in [1.82, 2.24) is 9.78 Å². The molecule has 2 atom stereocenters. The van der Waals surface area contributed by atoms with Crippen molar-refractivity contribution in [3.05, 3.63) is 38.8 Å². The number of hydrogen-bond acceptors (Lipinski definition) is 2. The SMILES string of the molecule is Cc1cc(C)n(C(=O)C2=C(I)[C@@H]3C=C[C@H]2C3)n1. The van der Waals surface area contributed by atoms with Gasteiger partial charge in [0.15, 0.2) is 0 Å². The van der Waals surface area contributed by atoms with E-state index in [4.69, 9.17) is 0 Å². The largest absolute Gasteiger partial charge is 0.275 e. The van der Waals surface area contributed by atoms with Crippen LogP contribution in [0.2, 0.25) is 0 Å². The molecule has 1 heterocycles. The van der Waals surface area contributed by atoms with Crippen LogP contribution in [0.4, 0.5) is 0 Å². The smallest absolute Gasteiger partial charge is 0.267 e. The maximum atomic E-state index is 12.5. The van der Waals surface area contributed by atoms with Gasteiger partial charge in [-0.05, 0) is 48.9 Å². The van der Waals surface area contributed by atoms with E-state index in [1.165, 1.54) is 8.26 Å². The van der Waals surface area contributed by atoms with Gasteiger partial charge in [0.25, 0.3) is 5.91 Å². The topological polar surface area (TPSA) is 34.9 Å². The van der Waals surface area contributed by atoms with Gasteiger partial charge in [-0.2, -0.15) is 5.10 Å². The molecule has 0 spiro atoms. The Morgan fingerprint density at radius 2 is 2.12 bits per heavy atom. The predicted molar refractivity (Wildman–Crippen MR) is 74.1 cm³/mol. The highest BCUT2D eigenvalue weighted by Crippen LogP contribution is 2.47. The average molecular weight is 340 g/mol. The lowest BCUT2D eigenvalue weighted by Crippen LogP contribution is -2.19. The third-order valence-electron chi connectivity index (χ3n) is 3.47. The highest BCUT2D eigenvalue weighted by molar-refractivity contribution is 14.1. The summed E-state index contributed by atoms with van der Waals surface area (Å²) in [5, 5.41) is 4.28. The van der Waals surface area contributed by atoms with Crippen LogP contribution in [0.15, 0.2) is 27.4 Å². The van der Waals surface area contributed by atoms with Crippen molar-refractivity contribution in [2.45, 2.75) is 20.3 Å². The van der Waals surface area contributed by atoms with Gasteiger partial charge in [0, 0.05) is 26.7 Å². The quantitative estimate of drug-likeness (QED) is 0.582. The molecule has 3 rings (SSSR count). The van der Waals surface area contributed by atoms with Gasteiger partial charge in [0.2, 0.25) is 0 Å². The molecule has 3 nitrogen and oxygen atoms in total. The fourth-order valence-electron chi connectivity index (χ4n) is 2.69. The second-order valence-corrected chi connectivity index (χ2v) is 5.90. The van der Waals surface area contributed by atoms with E-state index in [1.54, 1.807) is 0 Å². The molecule has 0 fully saturated rings. The number of aryl methyl sites for hydroxylation is 2. The summed E-state index contributed by atoms with van der Waals surface area (Å²) in [5.41, 5.74) is 2.76. The Kier molecular flexibility index (Phi) is 2.50. The van der Waals surface area contributed by atoms with Gasteiger partial charge in [-0.3, -0.25) is 4.79 Å². The van der Waals surface area contributed by atoms with Gasteiger partial charge >= 0.3 is 0 Å². The van der Waals surface area contributed by atoms with Crippen molar-refractivity contribution in [3.8, 4) is 0 Å². The molecule has 4 heteroatoms. The van der Waals surface area contributed by atoms with Crippen molar-refractivity contribution in [2.24, 2.45) is 11.8 Å². The van der Waals surface area contributed by atoms with E-state index in [0.717, 1.165) is 23.4 Å². The van der Waals surface area contributed by atoms with Crippen LogP contribution in [0.3, 0.4) is 0 Å². The first-order chi connectivity index (χ1) is 8.08. The number of carbonyl (C=O) groups is 1. The molecule has 1 aromatic heterocycles. The lowest BCUT2D eigenvalue weighted by atomic mass is 10.0. The first-order valence-corrected chi connectivity index (χ1v) is 6.81. The van der Waals surface area contributed by atoms with Crippen LogP contribution in [0.5, 0.6) is 0 Å². The van der Waals surface area contributed by atoms with Gasteiger partial charge in [-0.1, -0.05) is 12.2 Å². The van der Waals surface area contributed by atoms with Crippen molar-refractivity contribution < 1.29 is 4.79 Å². The third kappa shape index (κ3) is 1.61. The van der Waals surface area contributed by atoms with E-state index in [1.807, 2.05) is 19.9 Å². The number of carbonyl (C=O) groups excluding carboxylic acids is 1. The van der Waals surface area contributed by atoms with Gasteiger partial charge in [0.05, 0.1) is 5.69 Å². The molecule has 0 radical (unpaired) electrons. The second kappa shape index (κ2) is 3.80. The van der Waals surface area contributed by atoms with Gasteiger partial charge in [-0.15, -0.1) is 0 Å². The van der Waals surface area contributed by atoms with Crippen LogP contribution in [0.25, 0.3) is 0 Å². The summed E-state index contributed by atoms with van der Waals surface area (Å²) >= 11 is 2.31. The van der Waals surface area contributed by atoms with E-state index in [0.29, 0.717) is 11.8 Å². The molecular formula is C13H13IN2O. The maximum Gasteiger partial charge on any atom is 0.275 e. The first-order valence-electron chi connectivity index (χ1n) is 5.74. The monoisotopic (exact) mass is 340 g/mol. The minimum atomic E-state index is 0.0526. The number of rotatable bonds is 1. The molecule has 2 bridgehead atoms. The van der Waals surface area contributed by atoms with Crippen molar-refractivity contribution in [1.29, 1.82) is 0 Å². The predicted octanol–water partition coefficient (Wildman–Crippen LogP) is 3.04. The van der Waals surface area contributed by atoms with Crippen molar-refractivity contribution in [2.75, 3.05) is 0 Å². The molecule has 88 valence electrons. The minimum Gasteiger partial charge on any atom is -0.267 e. The molecule has 0 saturated heterocycles. The number of fused-ring (bicyclic) bond motifs is 2. The molecule has 0 saturated carbocycles. The Balaban J connectivity index is 2.02.